The third kappa shape index (κ3) is 6.31. The van der Waals surface area contributed by atoms with Crippen LogP contribution in [0.15, 0.2) is 59.2 Å². The van der Waals surface area contributed by atoms with Gasteiger partial charge < -0.3 is 33.7 Å². The van der Waals surface area contributed by atoms with E-state index in [4.69, 9.17) is 19.2 Å². The van der Waals surface area contributed by atoms with Crippen LogP contribution in [0.4, 0.5) is 10.5 Å². The summed E-state index contributed by atoms with van der Waals surface area (Å²) in [7, 11) is 3.00. The Morgan fingerprint density at radius 1 is 1.04 bits per heavy atom. The zero-order valence-electron chi connectivity index (χ0n) is 28.2. The fourth-order valence-electron chi connectivity index (χ4n) is 6.93. The number of carbonyl (C=O) groups excluding carboxylic acids is 2. The van der Waals surface area contributed by atoms with E-state index in [0.29, 0.717) is 31.7 Å². The van der Waals surface area contributed by atoms with Gasteiger partial charge in [-0.15, -0.1) is 0 Å². The molecule has 11 heteroatoms. The number of piperazine rings is 1. The molecule has 48 heavy (non-hydrogen) atoms. The Kier molecular flexibility index (Phi) is 9.83. The number of halogens is 1. The molecular weight excluding hydrogens is 676 g/mol. The summed E-state index contributed by atoms with van der Waals surface area (Å²) in [6.07, 6.45) is 1.85. The second-order valence-electron chi connectivity index (χ2n) is 13.1. The summed E-state index contributed by atoms with van der Waals surface area (Å²) in [6, 6.07) is 15.9. The van der Waals surface area contributed by atoms with Gasteiger partial charge in [-0.3, -0.25) is 9.78 Å². The van der Waals surface area contributed by atoms with Crippen LogP contribution in [0.3, 0.4) is 0 Å². The molecule has 1 amide bonds. The highest BCUT2D eigenvalue weighted by Crippen LogP contribution is 2.49. The third-order valence-corrected chi connectivity index (χ3v) is 10.2. The number of rotatable bonds is 9. The van der Waals surface area contributed by atoms with E-state index in [0.717, 1.165) is 63.0 Å². The van der Waals surface area contributed by atoms with Gasteiger partial charge in [0.05, 0.1) is 53.5 Å². The molecule has 0 radical (unpaired) electrons. The summed E-state index contributed by atoms with van der Waals surface area (Å²) in [4.78, 5) is 34.8. The van der Waals surface area contributed by atoms with Gasteiger partial charge in [-0.25, -0.2) is 4.79 Å². The lowest BCUT2D eigenvalue weighted by Gasteiger charge is -2.36. The fraction of sp³-hybridized carbons (Fsp3) is 0.432. The number of methoxy groups -OCH3 is 2. The van der Waals surface area contributed by atoms with Gasteiger partial charge in [0.25, 0.3) is 0 Å². The molecule has 2 aromatic carbocycles. The molecule has 6 rings (SSSR count). The van der Waals surface area contributed by atoms with Gasteiger partial charge in [-0.1, -0.05) is 46.3 Å². The largest absolute Gasteiger partial charge is 0.469 e. The Morgan fingerprint density at radius 3 is 2.46 bits per heavy atom. The van der Waals surface area contributed by atoms with Crippen LogP contribution in [-0.2, 0) is 38.6 Å². The maximum atomic E-state index is 13.1. The number of nitrogens with zero attached hydrogens (tertiary/aromatic N) is 4. The first-order chi connectivity index (χ1) is 23.0. The van der Waals surface area contributed by atoms with Crippen LogP contribution in [0.25, 0.3) is 22.2 Å². The van der Waals surface area contributed by atoms with Gasteiger partial charge in [-0.2, -0.15) is 0 Å². The number of aliphatic hydroxyl groups is 1. The van der Waals surface area contributed by atoms with E-state index >= 15 is 0 Å². The Balaban J connectivity index is 1.40. The van der Waals surface area contributed by atoms with E-state index in [1.54, 1.807) is 25.9 Å². The highest BCUT2D eigenvalue weighted by Gasteiger charge is 2.42. The minimum atomic E-state index is -1.23. The van der Waals surface area contributed by atoms with E-state index in [-0.39, 0.29) is 18.8 Å². The average Bonchev–Trinajstić information content (AvgIpc) is 3.44. The van der Waals surface area contributed by atoms with Gasteiger partial charge in [0.2, 0.25) is 0 Å². The number of hydrogen-bond acceptors (Lipinski definition) is 8. The highest BCUT2D eigenvalue weighted by molar-refractivity contribution is 9.10. The van der Waals surface area contributed by atoms with Crippen LogP contribution in [0.5, 0.6) is 0 Å². The third-order valence-electron chi connectivity index (χ3n) is 9.74. The van der Waals surface area contributed by atoms with Crippen molar-refractivity contribution in [3.8, 4) is 11.3 Å². The zero-order chi connectivity index (χ0) is 34.2. The molecule has 10 nitrogen and oxygen atoms in total. The van der Waals surface area contributed by atoms with Gasteiger partial charge in [0.1, 0.15) is 6.61 Å². The van der Waals surface area contributed by atoms with Crippen molar-refractivity contribution in [3.05, 3.63) is 81.6 Å². The molecule has 0 spiro atoms. The van der Waals surface area contributed by atoms with Crippen LogP contribution in [0.1, 0.15) is 61.8 Å². The van der Waals surface area contributed by atoms with Gasteiger partial charge in [-0.05, 0) is 62.9 Å². The Labute approximate surface area is 289 Å². The first-order valence-corrected chi connectivity index (χ1v) is 17.2. The van der Waals surface area contributed by atoms with E-state index in [1.807, 2.05) is 49.5 Å². The predicted molar refractivity (Wildman–Crippen MR) is 188 cm³/mol. The number of anilines is 1. The number of aryl methyl sites for hydroxylation is 2. The number of amides is 1. The summed E-state index contributed by atoms with van der Waals surface area (Å²) in [5.74, 6) is -0.496. The van der Waals surface area contributed by atoms with Crippen molar-refractivity contribution in [1.82, 2.24) is 14.5 Å². The lowest BCUT2D eigenvalue weighted by molar-refractivity contribution is -0.157. The smallest absolute Gasteiger partial charge is 0.410 e. The minimum absolute atomic E-state index is 0.236. The van der Waals surface area contributed by atoms with Crippen LogP contribution in [0.2, 0.25) is 0 Å². The second kappa shape index (κ2) is 13.9. The number of pyridine rings is 1. The van der Waals surface area contributed by atoms with Crippen LogP contribution in [0, 0.1) is 5.41 Å². The SMILES string of the molecule is COC(=O)C(C)(C)C(O)c1c(-c2cc(N3CCN(C(=O)OCc4ccccc4)CC3)cnc2[C@H](C)OC)n2c3c(cc(Br)cc13)CCC2. The summed E-state index contributed by atoms with van der Waals surface area (Å²) in [6.45, 7) is 8.60. The number of aromatic nitrogens is 2. The van der Waals surface area contributed by atoms with E-state index < -0.39 is 17.5 Å². The van der Waals surface area contributed by atoms with E-state index in [9.17, 15) is 14.7 Å². The van der Waals surface area contributed by atoms with Crippen molar-refractivity contribution in [1.29, 1.82) is 0 Å². The first kappa shape index (κ1) is 34.0. The molecule has 1 unspecified atom stereocenters. The topological polar surface area (TPSA) is 106 Å². The monoisotopic (exact) mass is 718 g/mol. The van der Waals surface area contributed by atoms with Gasteiger partial charge >= 0.3 is 12.1 Å². The highest BCUT2D eigenvalue weighted by atomic mass is 79.9. The summed E-state index contributed by atoms with van der Waals surface area (Å²) >= 11 is 3.71. The Morgan fingerprint density at radius 2 is 1.77 bits per heavy atom. The Bertz CT molecular complexity index is 1820. The molecular formula is C37H43BrN4O6. The second-order valence-corrected chi connectivity index (χ2v) is 14.0. The molecule has 0 bridgehead atoms. The molecule has 1 saturated heterocycles. The zero-order valence-corrected chi connectivity index (χ0v) is 29.7. The fourth-order valence-corrected chi connectivity index (χ4v) is 7.43. The molecule has 2 atom stereocenters. The van der Waals surface area contributed by atoms with Crippen molar-refractivity contribution in [2.75, 3.05) is 45.3 Å². The number of benzene rings is 2. The molecule has 2 aromatic heterocycles. The predicted octanol–water partition coefficient (Wildman–Crippen LogP) is 6.81. The van der Waals surface area contributed by atoms with Crippen LogP contribution >= 0.6 is 15.9 Å². The first-order valence-electron chi connectivity index (χ1n) is 16.4. The number of ether oxygens (including phenoxy) is 3. The molecule has 1 fully saturated rings. The van der Waals surface area contributed by atoms with Crippen LogP contribution in [-0.4, -0.2) is 72.0 Å². The van der Waals surface area contributed by atoms with Gasteiger partial charge in [0.15, 0.2) is 0 Å². The van der Waals surface area contributed by atoms with E-state index in [2.05, 4.69) is 37.5 Å². The molecule has 2 aliphatic heterocycles. The minimum Gasteiger partial charge on any atom is -0.469 e. The summed E-state index contributed by atoms with van der Waals surface area (Å²) < 4.78 is 19.8. The molecule has 254 valence electrons. The van der Waals surface area contributed by atoms with Crippen molar-refractivity contribution in [2.45, 2.75) is 59.0 Å². The number of esters is 1. The Hall–Kier alpha value is -3.93. The van der Waals surface area contributed by atoms with E-state index in [1.165, 1.54) is 12.7 Å². The van der Waals surface area contributed by atoms with Crippen molar-refractivity contribution < 1.29 is 28.9 Å². The quantitative estimate of drug-likeness (QED) is 0.188. The van der Waals surface area contributed by atoms with Crippen molar-refractivity contribution >= 4 is 44.6 Å². The molecule has 1 N–H and O–H groups in total. The average molecular weight is 720 g/mol. The van der Waals surface area contributed by atoms with Gasteiger partial charge in [0, 0.05) is 60.8 Å². The van der Waals surface area contributed by atoms with Crippen molar-refractivity contribution in [2.24, 2.45) is 5.41 Å². The lowest BCUT2D eigenvalue weighted by Crippen LogP contribution is -2.49. The number of aliphatic hydroxyl groups excluding tert-OH is 1. The maximum absolute atomic E-state index is 13.1. The molecule has 4 heterocycles. The number of carbonyl (C=O) groups is 2. The maximum Gasteiger partial charge on any atom is 0.410 e. The number of hydrogen-bond donors (Lipinski definition) is 1. The lowest BCUT2D eigenvalue weighted by atomic mass is 9.80. The molecule has 0 aliphatic carbocycles. The standard InChI is InChI=1S/C37H43BrN4O6/c1-23(46-4)31-29(20-27(21-39-31)40-14-16-41(17-15-40)36(45)48-22-24-10-7-6-8-11-24)33-30(34(43)37(2,3)35(44)47-5)28-19-26(38)18-25-12-9-13-42(33)32(25)28/h6-8,10-11,18-21,23,34,43H,9,12-17,22H2,1-5H3/t23-,34?/m0/s1. The molecule has 0 saturated carbocycles. The normalized spacial score (nSPS) is 16.1. The molecule has 4 aromatic rings. The van der Waals surface area contributed by atoms with Crippen molar-refractivity contribution in [3.63, 3.8) is 0 Å². The molecule has 2 aliphatic rings. The van der Waals surface area contributed by atoms with Crippen LogP contribution < -0.4 is 4.90 Å². The summed E-state index contributed by atoms with van der Waals surface area (Å²) in [5, 5.41) is 13.1. The summed E-state index contributed by atoms with van der Waals surface area (Å²) in [5.41, 5.74) is 5.91.